The molecule has 2 aromatic rings. The molecule has 112 valence electrons. The number of nitrogens with zero attached hydrogens (tertiary/aromatic N) is 1. The highest BCUT2D eigenvalue weighted by molar-refractivity contribution is 14.1. The molecule has 0 bridgehead atoms. The van der Waals surface area contributed by atoms with Crippen molar-refractivity contribution in [1.82, 2.24) is 10.3 Å². The van der Waals surface area contributed by atoms with Crippen LogP contribution in [0.3, 0.4) is 0 Å². The largest absolute Gasteiger partial charge is 0.416 e. The summed E-state index contributed by atoms with van der Waals surface area (Å²) in [7, 11) is 0. The van der Waals surface area contributed by atoms with Crippen molar-refractivity contribution in [2.75, 3.05) is 6.54 Å². The third-order valence-electron chi connectivity index (χ3n) is 3.06. The quantitative estimate of drug-likeness (QED) is 0.762. The summed E-state index contributed by atoms with van der Waals surface area (Å²) in [6.45, 7) is 2.42. The van der Waals surface area contributed by atoms with E-state index in [1.807, 2.05) is 31.2 Å². The molecule has 0 saturated heterocycles. The van der Waals surface area contributed by atoms with Crippen molar-refractivity contribution in [3.8, 4) is 0 Å². The molecule has 0 fully saturated rings. The van der Waals surface area contributed by atoms with Crippen LogP contribution in [-0.4, -0.2) is 11.5 Å². The molecule has 1 unspecified atom stereocenters. The lowest BCUT2D eigenvalue weighted by atomic mass is 9.96. The molecule has 0 amide bonds. The fraction of sp³-hybridized carbons (Fsp3) is 0.267. The zero-order chi connectivity index (χ0) is 15.5. The Labute approximate surface area is 134 Å². The molecule has 0 radical (unpaired) electrons. The van der Waals surface area contributed by atoms with Gasteiger partial charge in [-0.2, -0.15) is 13.2 Å². The molecule has 0 aliphatic heterocycles. The molecule has 0 aliphatic rings. The Kier molecular flexibility index (Phi) is 5.21. The van der Waals surface area contributed by atoms with Gasteiger partial charge in [-0.15, -0.1) is 0 Å². The molecule has 1 atom stereocenters. The molecule has 2 nitrogen and oxygen atoms in total. The summed E-state index contributed by atoms with van der Waals surface area (Å²) in [6.07, 6.45) is -1.94. The van der Waals surface area contributed by atoms with Gasteiger partial charge in [-0.05, 0) is 52.9 Å². The highest BCUT2D eigenvalue weighted by atomic mass is 127. The van der Waals surface area contributed by atoms with E-state index in [9.17, 15) is 13.2 Å². The molecule has 0 aliphatic carbocycles. The maximum atomic E-state index is 13.2. The van der Waals surface area contributed by atoms with E-state index in [0.29, 0.717) is 6.54 Å². The van der Waals surface area contributed by atoms with Crippen molar-refractivity contribution in [3.63, 3.8) is 0 Å². The normalized spacial score (nSPS) is 13.2. The van der Waals surface area contributed by atoms with Crippen LogP contribution in [-0.2, 0) is 6.18 Å². The summed E-state index contributed by atoms with van der Waals surface area (Å²) in [6, 6.07) is 7.93. The van der Waals surface area contributed by atoms with Crippen molar-refractivity contribution in [2.45, 2.75) is 19.1 Å². The van der Waals surface area contributed by atoms with Gasteiger partial charge in [0.25, 0.3) is 0 Å². The summed E-state index contributed by atoms with van der Waals surface area (Å²) in [5.41, 5.74) is 0.290. The van der Waals surface area contributed by atoms with Crippen molar-refractivity contribution in [1.29, 1.82) is 0 Å². The van der Waals surface area contributed by atoms with Crippen LogP contribution in [0.4, 0.5) is 13.2 Å². The predicted molar refractivity (Wildman–Crippen MR) is 83.9 cm³/mol. The number of pyridine rings is 1. The number of halogens is 4. The average Bonchev–Trinajstić information content (AvgIpc) is 2.44. The Morgan fingerprint density at radius 1 is 1.29 bits per heavy atom. The number of nitrogens with one attached hydrogen (secondary N) is 1. The highest BCUT2D eigenvalue weighted by Gasteiger charge is 2.35. The van der Waals surface area contributed by atoms with Crippen LogP contribution in [0.15, 0.2) is 42.7 Å². The summed E-state index contributed by atoms with van der Waals surface area (Å²) in [4.78, 5) is 3.87. The topological polar surface area (TPSA) is 24.9 Å². The Morgan fingerprint density at radius 2 is 2.05 bits per heavy atom. The van der Waals surface area contributed by atoms with E-state index in [-0.39, 0.29) is 5.56 Å². The van der Waals surface area contributed by atoms with E-state index in [1.54, 1.807) is 0 Å². The third-order valence-corrected chi connectivity index (χ3v) is 3.73. The van der Waals surface area contributed by atoms with Crippen molar-refractivity contribution < 1.29 is 13.2 Å². The smallest absolute Gasteiger partial charge is 0.306 e. The third kappa shape index (κ3) is 3.94. The lowest BCUT2D eigenvalue weighted by molar-refractivity contribution is -0.138. The molecule has 6 heteroatoms. The standard InChI is InChI=1S/C15H14F3IN2/c1-2-21-14(10-4-3-5-11(19)8-10)12-9-20-7-6-13(12)15(16,17)18/h3-9,14,21H,2H2,1H3. The summed E-state index contributed by atoms with van der Waals surface area (Å²) < 4.78 is 40.5. The molecule has 2 rings (SSSR count). The molecule has 21 heavy (non-hydrogen) atoms. The SMILES string of the molecule is CCNC(c1cccc(I)c1)c1cnccc1C(F)(F)F. The molecular weight excluding hydrogens is 392 g/mol. The van der Waals surface area contributed by atoms with E-state index >= 15 is 0 Å². The van der Waals surface area contributed by atoms with E-state index in [0.717, 1.165) is 15.2 Å². The first kappa shape index (κ1) is 16.2. The summed E-state index contributed by atoms with van der Waals surface area (Å²) >= 11 is 2.15. The monoisotopic (exact) mass is 406 g/mol. The van der Waals surface area contributed by atoms with Crippen LogP contribution in [0, 0.1) is 3.57 Å². The van der Waals surface area contributed by atoms with Gasteiger partial charge in [0.1, 0.15) is 0 Å². The van der Waals surface area contributed by atoms with E-state index in [2.05, 4.69) is 32.9 Å². The van der Waals surface area contributed by atoms with Crippen LogP contribution in [0.25, 0.3) is 0 Å². The number of benzene rings is 1. The number of rotatable bonds is 4. The van der Waals surface area contributed by atoms with Gasteiger partial charge in [-0.25, -0.2) is 0 Å². The second kappa shape index (κ2) is 6.74. The van der Waals surface area contributed by atoms with E-state index < -0.39 is 17.8 Å². The van der Waals surface area contributed by atoms with Gasteiger partial charge in [-0.3, -0.25) is 4.98 Å². The molecule has 1 heterocycles. The van der Waals surface area contributed by atoms with Gasteiger partial charge in [0, 0.05) is 21.5 Å². The van der Waals surface area contributed by atoms with Crippen LogP contribution >= 0.6 is 22.6 Å². The maximum absolute atomic E-state index is 13.2. The maximum Gasteiger partial charge on any atom is 0.416 e. The number of hydrogen-bond acceptors (Lipinski definition) is 2. The average molecular weight is 406 g/mol. The molecule has 0 saturated carbocycles. The summed E-state index contributed by atoms with van der Waals surface area (Å²) in [5, 5.41) is 3.11. The zero-order valence-electron chi connectivity index (χ0n) is 11.3. The van der Waals surface area contributed by atoms with Crippen LogP contribution in [0.5, 0.6) is 0 Å². The minimum atomic E-state index is -4.39. The lowest BCUT2D eigenvalue weighted by Crippen LogP contribution is -2.25. The Morgan fingerprint density at radius 3 is 2.67 bits per heavy atom. The van der Waals surface area contributed by atoms with Crippen molar-refractivity contribution in [3.05, 3.63) is 63.0 Å². The second-order valence-electron chi connectivity index (χ2n) is 4.51. The van der Waals surface area contributed by atoms with Crippen LogP contribution in [0.2, 0.25) is 0 Å². The van der Waals surface area contributed by atoms with E-state index in [1.165, 1.54) is 12.4 Å². The van der Waals surface area contributed by atoms with Crippen LogP contribution < -0.4 is 5.32 Å². The number of hydrogen-bond donors (Lipinski definition) is 1. The minimum absolute atomic E-state index is 0.147. The first-order valence-electron chi connectivity index (χ1n) is 6.43. The Hall–Kier alpha value is -1.15. The van der Waals surface area contributed by atoms with Gasteiger partial charge < -0.3 is 5.32 Å². The van der Waals surface area contributed by atoms with Gasteiger partial charge in [0.05, 0.1) is 11.6 Å². The molecule has 1 aromatic carbocycles. The Bertz CT molecular complexity index is 614. The lowest BCUT2D eigenvalue weighted by Gasteiger charge is -2.22. The number of aromatic nitrogens is 1. The molecule has 0 spiro atoms. The van der Waals surface area contributed by atoms with Gasteiger partial charge in [0.2, 0.25) is 0 Å². The number of alkyl halides is 3. The summed E-state index contributed by atoms with van der Waals surface area (Å²) in [5.74, 6) is 0. The molecule has 1 aromatic heterocycles. The zero-order valence-corrected chi connectivity index (χ0v) is 13.4. The van der Waals surface area contributed by atoms with Crippen LogP contribution in [0.1, 0.15) is 29.7 Å². The van der Waals surface area contributed by atoms with Gasteiger partial charge in [0.15, 0.2) is 0 Å². The fourth-order valence-corrected chi connectivity index (χ4v) is 2.76. The minimum Gasteiger partial charge on any atom is -0.306 e. The van der Waals surface area contributed by atoms with E-state index in [4.69, 9.17) is 0 Å². The highest BCUT2D eigenvalue weighted by Crippen LogP contribution is 2.36. The van der Waals surface area contributed by atoms with Gasteiger partial charge >= 0.3 is 6.18 Å². The van der Waals surface area contributed by atoms with Crippen molar-refractivity contribution >= 4 is 22.6 Å². The second-order valence-corrected chi connectivity index (χ2v) is 5.75. The first-order valence-corrected chi connectivity index (χ1v) is 7.51. The molecular formula is C15H14F3IN2. The fourth-order valence-electron chi connectivity index (χ4n) is 2.19. The van der Waals surface area contributed by atoms with Crippen molar-refractivity contribution in [2.24, 2.45) is 0 Å². The Balaban J connectivity index is 2.54. The first-order chi connectivity index (χ1) is 9.93. The van der Waals surface area contributed by atoms with Gasteiger partial charge in [-0.1, -0.05) is 19.1 Å². The predicted octanol–water partition coefficient (Wildman–Crippen LogP) is 4.40. The molecule has 1 N–H and O–H groups in total.